The molecule has 2 fully saturated rings. The predicted octanol–water partition coefficient (Wildman–Crippen LogP) is 2.71. The zero-order valence-corrected chi connectivity index (χ0v) is 17.1. The highest BCUT2D eigenvalue weighted by Gasteiger charge is 2.48. The molecule has 0 aromatic heterocycles. The molecular formula is C24H28FN3O2. The molecule has 1 aliphatic heterocycles. The molecule has 1 N–H and O–H groups in total. The van der Waals surface area contributed by atoms with Crippen molar-refractivity contribution in [3.8, 4) is 0 Å². The molecule has 2 aliphatic rings. The molecule has 158 valence electrons. The lowest BCUT2D eigenvalue weighted by molar-refractivity contribution is -0.142. The molecule has 2 aromatic rings. The predicted molar refractivity (Wildman–Crippen MR) is 113 cm³/mol. The lowest BCUT2D eigenvalue weighted by Crippen LogP contribution is -2.57. The molecule has 0 radical (unpaired) electrons. The van der Waals surface area contributed by atoms with E-state index in [4.69, 9.17) is 0 Å². The summed E-state index contributed by atoms with van der Waals surface area (Å²) in [5.74, 6) is -0.195. The van der Waals surface area contributed by atoms with E-state index in [9.17, 15) is 14.0 Å². The van der Waals surface area contributed by atoms with Gasteiger partial charge in [0, 0.05) is 32.7 Å². The Bertz CT molecular complexity index is 890. The summed E-state index contributed by atoms with van der Waals surface area (Å²) in [7, 11) is 0. The van der Waals surface area contributed by atoms with Crippen LogP contribution >= 0.6 is 0 Å². The number of hydrogen-bond acceptors (Lipinski definition) is 3. The van der Waals surface area contributed by atoms with Gasteiger partial charge in [0.15, 0.2) is 0 Å². The van der Waals surface area contributed by atoms with Crippen molar-refractivity contribution in [3.63, 3.8) is 0 Å². The Hall–Kier alpha value is -2.73. The molecule has 1 aliphatic carbocycles. The number of piperazine rings is 1. The van der Waals surface area contributed by atoms with Gasteiger partial charge in [-0.25, -0.2) is 4.39 Å². The lowest BCUT2D eigenvalue weighted by atomic mass is 9.63. The number of nitrogens with zero attached hydrogens (tertiary/aromatic N) is 2. The standard InChI is InChI=1S/C24H28FN3O2/c25-21-9-4-8-20(16-21)24(10-5-11-24)23(30)28-14-12-27(13-15-28)18-22(29)26-17-19-6-2-1-3-7-19/h1-4,6-9,16H,5,10-15,17-18H2,(H,26,29). The second-order valence-electron chi connectivity index (χ2n) is 8.28. The molecule has 1 saturated carbocycles. The van der Waals surface area contributed by atoms with E-state index in [1.807, 2.05) is 41.3 Å². The van der Waals surface area contributed by atoms with Crippen LogP contribution in [0.1, 0.15) is 30.4 Å². The first-order valence-corrected chi connectivity index (χ1v) is 10.7. The number of nitrogens with one attached hydrogen (secondary N) is 1. The van der Waals surface area contributed by atoms with Gasteiger partial charge in [0.2, 0.25) is 11.8 Å². The van der Waals surface area contributed by atoms with E-state index < -0.39 is 5.41 Å². The fourth-order valence-corrected chi connectivity index (χ4v) is 4.41. The monoisotopic (exact) mass is 409 g/mol. The van der Waals surface area contributed by atoms with E-state index in [1.54, 1.807) is 6.07 Å². The van der Waals surface area contributed by atoms with Gasteiger partial charge in [-0.15, -0.1) is 0 Å². The van der Waals surface area contributed by atoms with Gasteiger partial charge in [-0.2, -0.15) is 0 Å². The van der Waals surface area contributed by atoms with Crippen molar-refractivity contribution in [2.24, 2.45) is 0 Å². The summed E-state index contributed by atoms with van der Waals surface area (Å²) in [6, 6.07) is 16.3. The summed E-state index contributed by atoms with van der Waals surface area (Å²) in [6.07, 6.45) is 2.54. The number of halogens is 1. The van der Waals surface area contributed by atoms with Gasteiger partial charge in [-0.05, 0) is 36.1 Å². The second kappa shape index (κ2) is 8.96. The van der Waals surface area contributed by atoms with Crippen LogP contribution < -0.4 is 5.32 Å². The highest BCUT2D eigenvalue weighted by atomic mass is 19.1. The Balaban J connectivity index is 1.28. The largest absolute Gasteiger partial charge is 0.351 e. The molecule has 5 nitrogen and oxygen atoms in total. The fraction of sp³-hybridized carbons (Fsp3) is 0.417. The zero-order valence-electron chi connectivity index (χ0n) is 17.1. The van der Waals surface area contributed by atoms with E-state index >= 15 is 0 Å². The summed E-state index contributed by atoms with van der Waals surface area (Å²) in [5, 5.41) is 2.95. The number of rotatable bonds is 6. The molecule has 6 heteroatoms. The summed E-state index contributed by atoms with van der Waals surface area (Å²) >= 11 is 0. The maximum atomic E-state index is 13.7. The Morgan fingerprint density at radius 2 is 1.70 bits per heavy atom. The number of carbonyl (C=O) groups is 2. The van der Waals surface area contributed by atoms with Gasteiger partial charge >= 0.3 is 0 Å². The first-order valence-electron chi connectivity index (χ1n) is 10.7. The molecule has 1 heterocycles. The molecule has 0 unspecified atom stereocenters. The molecule has 30 heavy (non-hydrogen) atoms. The molecule has 2 amide bonds. The van der Waals surface area contributed by atoms with Crippen LogP contribution in [-0.4, -0.2) is 54.3 Å². The smallest absolute Gasteiger partial charge is 0.234 e. The Morgan fingerprint density at radius 3 is 2.33 bits per heavy atom. The third-order valence-corrected chi connectivity index (χ3v) is 6.35. The summed E-state index contributed by atoms with van der Waals surface area (Å²) in [6.45, 7) is 3.40. The minimum atomic E-state index is -0.572. The van der Waals surface area contributed by atoms with Crippen LogP contribution in [0.4, 0.5) is 4.39 Å². The van der Waals surface area contributed by atoms with Gasteiger partial charge in [0.25, 0.3) is 0 Å². The van der Waals surface area contributed by atoms with Gasteiger partial charge in [0.05, 0.1) is 12.0 Å². The molecule has 0 bridgehead atoms. The van der Waals surface area contributed by atoms with Crippen molar-refractivity contribution in [2.75, 3.05) is 32.7 Å². The molecular weight excluding hydrogens is 381 g/mol. The number of carbonyl (C=O) groups excluding carboxylic acids is 2. The first-order chi connectivity index (χ1) is 14.6. The first kappa shape index (κ1) is 20.5. The van der Waals surface area contributed by atoms with Gasteiger partial charge in [0.1, 0.15) is 5.82 Å². The van der Waals surface area contributed by atoms with Crippen LogP contribution in [0.5, 0.6) is 0 Å². The quantitative estimate of drug-likeness (QED) is 0.798. The molecule has 1 saturated heterocycles. The zero-order chi connectivity index (χ0) is 21.0. The van der Waals surface area contributed by atoms with E-state index in [0.29, 0.717) is 39.3 Å². The minimum absolute atomic E-state index is 0.00569. The van der Waals surface area contributed by atoms with Crippen molar-refractivity contribution in [1.29, 1.82) is 0 Å². The van der Waals surface area contributed by atoms with Gasteiger partial charge in [-0.3, -0.25) is 14.5 Å². The van der Waals surface area contributed by atoms with Crippen LogP contribution in [0, 0.1) is 5.82 Å². The van der Waals surface area contributed by atoms with Crippen LogP contribution in [0.15, 0.2) is 54.6 Å². The van der Waals surface area contributed by atoms with Crippen LogP contribution in [-0.2, 0) is 21.5 Å². The highest BCUT2D eigenvalue weighted by Crippen LogP contribution is 2.45. The maximum absolute atomic E-state index is 13.7. The molecule has 4 rings (SSSR count). The van der Waals surface area contributed by atoms with Crippen LogP contribution in [0.25, 0.3) is 0 Å². The molecule has 2 aromatic carbocycles. The third-order valence-electron chi connectivity index (χ3n) is 6.35. The molecule has 0 atom stereocenters. The summed E-state index contributed by atoms with van der Waals surface area (Å²) < 4.78 is 13.7. The topological polar surface area (TPSA) is 52.7 Å². The Kier molecular flexibility index (Phi) is 6.13. The SMILES string of the molecule is O=C(CN1CCN(C(=O)C2(c3cccc(F)c3)CCC2)CC1)NCc1ccccc1. The number of benzene rings is 2. The van der Waals surface area contributed by atoms with E-state index in [2.05, 4.69) is 10.2 Å². The average molecular weight is 410 g/mol. The van der Waals surface area contributed by atoms with Crippen molar-refractivity contribution < 1.29 is 14.0 Å². The van der Waals surface area contributed by atoms with Gasteiger partial charge in [-0.1, -0.05) is 48.9 Å². The van der Waals surface area contributed by atoms with Crippen molar-refractivity contribution >= 4 is 11.8 Å². The highest BCUT2D eigenvalue weighted by molar-refractivity contribution is 5.89. The Morgan fingerprint density at radius 1 is 0.967 bits per heavy atom. The van der Waals surface area contributed by atoms with E-state index in [0.717, 1.165) is 30.4 Å². The minimum Gasteiger partial charge on any atom is -0.351 e. The van der Waals surface area contributed by atoms with E-state index in [-0.39, 0.29) is 17.6 Å². The summed E-state index contributed by atoms with van der Waals surface area (Å²) in [5.41, 5.74) is 1.29. The number of amides is 2. The third kappa shape index (κ3) is 4.38. The normalized spacial score (nSPS) is 18.5. The fourth-order valence-electron chi connectivity index (χ4n) is 4.41. The lowest BCUT2D eigenvalue weighted by Gasteiger charge is -2.46. The average Bonchev–Trinajstić information content (AvgIpc) is 2.73. The summed E-state index contributed by atoms with van der Waals surface area (Å²) in [4.78, 5) is 29.5. The Labute approximate surface area is 176 Å². The van der Waals surface area contributed by atoms with Gasteiger partial charge < -0.3 is 10.2 Å². The van der Waals surface area contributed by atoms with Crippen LogP contribution in [0.2, 0.25) is 0 Å². The molecule has 0 spiro atoms. The van der Waals surface area contributed by atoms with E-state index in [1.165, 1.54) is 12.1 Å². The second-order valence-corrected chi connectivity index (χ2v) is 8.28. The van der Waals surface area contributed by atoms with Crippen molar-refractivity contribution in [2.45, 2.75) is 31.2 Å². The van der Waals surface area contributed by atoms with Crippen molar-refractivity contribution in [1.82, 2.24) is 15.1 Å². The maximum Gasteiger partial charge on any atom is 0.234 e. The van der Waals surface area contributed by atoms with Crippen LogP contribution in [0.3, 0.4) is 0 Å². The van der Waals surface area contributed by atoms with Crippen molar-refractivity contribution in [3.05, 3.63) is 71.5 Å². The number of hydrogen-bond donors (Lipinski definition) is 1.